The minimum atomic E-state index is -3.65. The number of esters is 1. The van der Waals surface area contributed by atoms with Gasteiger partial charge in [-0.25, -0.2) is 13.2 Å². The number of hydrogen-bond donors (Lipinski definition) is 3. The average molecular weight is 510 g/mol. The van der Waals surface area contributed by atoms with E-state index in [1.165, 1.54) is 7.11 Å². The molecule has 0 fully saturated rings. The third kappa shape index (κ3) is 8.13. The van der Waals surface area contributed by atoms with Crippen molar-refractivity contribution >= 4 is 33.1 Å². The molecule has 36 heavy (non-hydrogen) atoms. The Morgan fingerprint density at radius 3 is 1.86 bits per heavy atom. The highest BCUT2D eigenvalue weighted by atomic mass is 32.2. The molecule has 9 heteroatoms. The Morgan fingerprint density at radius 2 is 1.33 bits per heavy atom. The second-order valence-corrected chi connectivity index (χ2v) is 10.8. The molecular weight excluding hydrogens is 478 g/mol. The second-order valence-electron chi connectivity index (χ2n) is 8.71. The van der Waals surface area contributed by atoms with E-state index in [-0.39, 0.29) is 24.3 Å². The van der Waals surface area contributed by atoms with E-state index in [2.05, 4.69) is 5.32 Å². The maximum Gasteiger partial charge on any atom is 0.328 e. The van der Waals surface area contributed by atoms with Gasteiger partial charge in [0.1, 0.15) is 6.04 Å². The quantitative estimate of drug-likeness (QED) is 0.266. The zero-order valence-corrected chi connectivity index (χ0v) is 20.9. The standard InChI is InChI=1S/C27H31N3O5S/c1-35-27(32)25(16-20-9-13-24(29)14-10-20)30-26(31)22(15-19-7-11-23(28)12-8-19)18-36(33,34)17-21-5-3-2-4-6-21/h2-14,22,25H,15-18,28-29H2,1H3,(H,30,31)/t22-,25-/m0/s1. The van der Waals surface area contributed by atoms with Gasteiger partial charge in [0.2, 0.25) is 5.91 Å². The van der Waals surface area contributed by atoms with Gasteiger partial charge in [-0.1, -0.05) is 54.6 Å². The summed E-state index contributed by atoms with van der Waals surface area (Å²) >= 11 is 0. The van der Waals surface area contributed by atoms with E-state index in [1.54, 1.807) is 72.8 Å². The topological polar surface area (TPSA) is 142 Å². The average Bonchev–Trinajstić information content (AvgIpc) is 2.85. The number of ether oxygens (including phenoxy) is 1. The van der Waals surface area contributed by atoms with Crippen LogP contribution >= 0.6 is 0 Å². The number of carbonyl (C=O) groups excluding carboxylic acids is 2. The molecule has 0 aliphatic heterocycles. The van der Waals surface area contributed by atoms with Crippen LogP contribution in [0.25, 0.3) is 0 Å². The number of nitrogen functional groups attached to an aromatic ring is 2. The lowest BCUT2D eigenvalue weighted by Crippen LogP contribution is -2.47. The number of hydrogen-bond acceptors (Lipinski definition) is 7. The molecule has 0 bridgehead atoms. The lowest BCUT2D eigenvalue weighted by Gasteiger charge is -2.22. The summed E-state index contributed by atoms with van der Waals surface area (Å²) in [5.41, 5.74) is 14.8. The van der Waals surface area contributed by atoms with Crippen molar-refractivity contribution in [1.82, 2.24) is 5.32 Å². The highest BCUT2D eigenvalue weighted by Crippen LogP contribution is 2.18. The molecule has 0 aromatic heterocycles. The summed E-state index contributed by atoms with van der Waals surface area (Å²) in [6, 6.07) is 21.6. The van der Waals surface area contributed by atoms with Crippen LogP contribution in [-0.4, -0.2) is 39.2 Å². The van der Waals surface area contributed by atoms with Crippen molar-refractivity contribution in [3.8, 4) is 0 Å². The number of amides is 1. The smallest absolute Gasteiger partial charge is 0.328 e. The van der Waals surface area contributed by atoms with Gasteiger partial charge in [0.15, 0.2) is 9.84 Å². The third-order valence-electron chi connectivity index (χ3n) is 5.74. The summed E-state index contributed by atoms with van der Waals surface area (Å²) in [4.78, 5) is 25.9. The van der Waals surface area contributed by atoms with Crippen LogP contribution in [0.4, 0.5) is 11.4 Å². The molecule has 0 unspecified atom stereocenters. The van der Waals surface area contributed by atoms with Gasteiger partial charge in [0, 0.05) is 17.8 Å². The summed E-state index contributed by atoms with van der Waals surface area (Å²) in [5, 5.41) is 2.72. The number of carbonyl (C=O) groups is 2. The maximum absolute atomic E-state index is 13.4. The Labute approximate surface area is 211 Å². The zero-order chi connectivity index (χ0) is 26.1. The van der Waals surface area contributed by atoms with E-state index in [0.29, 0.717) is 16.9 Å². The molecule has 0 spiro atoms. The summed E-state index contributed by atoms with van der Waals surface area (Å²) in [5.74, 6) is -2.67. The van der Waals surface area contributed by atoms with E-state index in [1.807, 2.05) is 6.07 Å². The Morgan fingerprint density at radius 1 is 0.806 bits per heavy atom. The fourth-order valence-corrected chi connectivity index (χ4v) is 5.57. The normalized spacial score (nSPS) is 12.9. The van der Waals surface area contributed by atoms with Crippen LogP contribution in [-0.2, 0) is 42.8 Å². The molecule has 0 aliphatic carbocycles. The van der Waals surface area contributed by atoms with Crippen LogP contribution in [0, 0.1) is 5.92 Å². The van der Waals surface area contributed by atoms with Crippen LogP contribution in [0.3, 0.4) is 0 Å². The Bertz CT molecular complexity index is 1260. The van der Waals surface area contributed by atoms with Gasteiger partial charge >= 0.3 is 5.97 Å². The van der Waals surface area contributed by atoms with Crippen LogP contribution in [0.1, 0.15) is 16.7 Å². The van der Waals surface area contributed by atoms with Gasteiger partial charge in [0.05, 0.1) is 24.5 Å². The molecule has 1 amide bonds. The lowest BCUT2D eigenvalue weighted by molar-refractivity contribution is -0.145. The first-order chi connectivity index (χ1) is 17.1. The molecule has 2 atom stereocenters. The summed E-state index contributed by atoms with van der Waals surface area (Å²) in [7, 11) is -2.41. The van der Waals surface area contributed by atoms with Crippen LogP contribution in [0.15, 0.2) is 78.9 Å². The molecule has 5 N–H and O–H groups in total. The Kier molecular flexibility index (Phi) is 9.08. The summed E-state index contributed by atoms with van der Waals surface area (Å²) in [6.07, 6.45) is 0.333. The minimum absolute atomic E-state index is 0.163. The number of sulfone groups is 1. The predicted octanol–water partition coefficient (Wildman–Crippen LogP) is 2.53. The van der Waals surface area contributed by atoms with Crippen molar-refractivity contribution in [2.75, 3.05) is 24.3 Å². The lowest BCUT2D eigenvalue weighted by atomic mass is 9.98. The van der Waals surface area contributed by atoms with Gasteiger partial charge in [-0.3, -0.25) is 4.79 Å². The van der Waals surface area contributed by atoms with Crippen LogP contribution in [0.5, 0.6) is 0 Å². The molecule has 8 nitrogen and oxygen atoms in total. The molecule has 0 saturated heterocycles. The van der Waals surface area contributed by atoms with Crippen molar-refractivity contribution < 1.29 is 22.7 Å². The fourth-order valence-electron chi connectivity index (χ4n) is 3.87. The van der Waals surface area contributed by atoms with Gasteiger partial charge in [0.25, 0.3) is 0 Å². The molecule has 0 heterocycles. The molecule has 3 aromatic rings. The number of anilines is 2. The SMILES string of the molecule is COC(=O)[C@H](Cc1ccc(N)cc1)NC(=O)[C@@H](Cc1ccc(N)cc1)CS(=O)(=O)Cc1ccccc1. The van der Waals surface area contributed by atoms with Gasteiger partial charge in [-0.05, 0) is 47.4 Å². The molecule has 0 aliphatic rings. The van der Waals surface area contributed by atoms with Gasteiger partial charge in [-0.2, -0.15) is 0 Å². The fraction of sp³-hybridized carbons (Fsp3) is 0.259. The monoisotopic (exact) mass is 509 g/mol. The van der Waals surface area contributed by atoms with Crippen molar-refractivity contribution in [2.24, 2.45) is 5.92 Å². The Balaban J connectivity index is 1.82. The molecule has 3 aromatic carbocycles. The van der Waals surface area contributed by atoms with Crippen molar-refractivity contribution in [3.05, 3.63) is 95.6 Å². The predicted molar refractivity (Wildman–Crippen MR) is 140 cm³/mol. The third-order valence-corrected chi connectivity index (χ3v) is 7.42. The molecule has 0 saturated carbocycles. The van der Waals surface area contributed by atoms with Crippen molar-refractivity contribution in [2.45, 2.75) is 24.6 Å². The van der Waals surface area contributed by atoms with E-state index in [9.17, 15) is 18.0 Å². The molecule has 0 radical (unpaired) electrons. The maximum atomic E-state index is 13.4. The minimum Gasteiger partial charge on any atom is -0.467 e. The van der Waals surface area contributed by atoms with E-state index < -0.39 is 33.7 Å². The van der Waals surface area contributed by atoms with E-state index in [4.69, 9.17) is 16.2 Å². The first-order valence-electron chi connectivity index (χ1n) is 11.5. The van der Waals surface area contributed by atoms with Crippen LogP contribution in [0.2, 0.25) is 0 Å². The first-order valence-corrected chi connectivity index (χ1v) is 13.3. The number of rotatable bonds is 11. The number of nitrogens with two attached hydrogens (primary N) is 2. The number of methoxy groups -OCH3 is 1. The second kappa shape index (κ2) is 12.2. The van der Waals surface area contributed by atoms with Crippen molar-refractivity contribution in [3.63, 3.8) is 0 Å². The van der Waals surface area contributed by atoms with Crippen molar-refractivity contribution in [1.29, 1.82) is 0 Å². The highest BCUT2D eigenvalue weighted by molar-refractivity contribution is 7.90. The largest absolute Gasteiger partial charge is 0.467 e. The molecular formula is C27H31N3O5S. The van der Waals surface area contributed by atoms with E-state index >= 15 is 0 Å². The summed E-state index contributed by atoms with van der Waals surface area (Å²) in [6.45, 7) is 0. The molecule has 190 valence electrons. The van der Waals surface area contributed by atoms with Gasteiger partial charge < -0.3 is 21.5 Å². The molecule has 3 rings (SSSR count). The highest BCUT2D eigenvalue weighted by Gasteiger charge is 2.30. The zero-order valence-electron chi connectivity index (χ0n) is 20.1. The van der Waals surface area contributed by atoms with Gasteiger partial charge in [-0.15, -0.1) is 0 Å². The summed E-state index contributed by atoms with van der Waals surface area (Å²) < 4.78 is 31.0. The Hall–Kier alpha value is -3.85. The number of nitrogens with one attached hydrogen (secondary N) is 1. The van der Waals surface area contributed by atoms with E-state index in [0.717, 1.165) is 11.1 Å². The van der Waals surface area contributed by atoms with Crippen LogP contribution < -0.4 is 16.8 Å². The first kappa shape index (κ1) is 26.7. The number of benzene rings is 3.